The van der Waals surface area contributed by atoms with Gasteiger partial charge in [-0.05, 0) is 62.7 Å². The molecular weight excluding hydrogens is 356 g/mol. The van der Waals surface area contributed by atoms with Crippen molar-refractivity contribution in [1.29, 1.82) is 0 Å². The van der Waals surface area contributed by atoms with E-state index in [0.29, 0.717) is 6.54 Å². The fourth-order valence-electron chi connectivity index (χ4n) is 3.46. The van der Waals surface area contributed by atoms with Crippen molar-refractivity contribution in [2.45, 2.75) is 36.0 Å². The molecule has 0 saturated carbocycles. The number of nitrogens with zero attached hydrogens (tertiary/aromatic N) is 1. The third-order valence-electron chi connectivity index (χ3n) is 4.95. The van der Waals surface area contributed by atoms with E-state index in [2.05, 4.69) is 22.3 Å². The van der Waals surface area contributed by atoms with Gasteiger partial charge in [0.2, 0.25) is 5.91 Å². The molecule has 144 valence electrons. The first-order chi connectivity index (χ1) is 13.2. The van der Waals surface area contributed by atoms with Crippen molar-refractivity contribution in [2.75, 3.05) is 26.7 Å². The smallest absolute Gasteiger partial charge is 0.233 e. The van der Waals surface area contributed by atoms with Crippen LogP contribution in [0, 0.1) is 0 Å². The predicted molar refractivity (Wildman–Crippen MR) is 111 cm³/mol. The number of hydrogen-bond donors (Lipinski definition) is 1. The van der Waals surface area contributed by atoms with Crippen molar-refractivity contribution in [3.8, 4) is 5.75 Å². The highest BCUT2D eigenvalue weighted by atomic mass is 32.2. The lowest BCUT2D eigenvalue weighted by molar-refractivity contribution is -0.120. The number of carbonyl (C=O) groups is 1. The summed E-state index contributed by atoms with van der Waals surface area (Å²) in [5.41, 5.74) is 1.19. The topological polar surface area (TPSA) is 41.6 Å². The third kappa shape index (κ3) is 5.50. The average Bonchev–Trinajstić information content (AvgIpc) is 3.23. The predicted octanol–water partition coefficient (Wildman–Crippen LogP) is 4.13. The minimum Gasteiger partial charge on any atom is -0.497 e. The summed E-state index contributed by atoms with van der Waals surface area (Å²) in [5.74, 6) is 0.937. The molecule has 2 aromatic carbocycles. The number of ether oxygens (including phenoxy) is 1. The maximum absolute atomic E-state index is 12.6. The molecule has 2 aromatic rings. The Labute approximate surface area is 166 Å². The second-order valence-corrected chi connectivity index (χ2v) is 8.27. The summed E-state index contributed by atoms with van der Waals surface area (Å²) >= 11 is 1.59. The van der Waals surface area contributed by atoms with E-state index in [1.165, 1.54) is 18.4 Å². The van der Waals surface area contributed by atoms with Gasteiger partial charge in [0.05, 0.1) is 18.4 Å². The molecule has 27 heavy (non-hydrogen) atoms. The minimum atomic E-state index is -0.128. The van der Waals surface area contributed by atoms with Gasteiger partial charge in [0.1, 0.15) is 5.75 Å². The Morgan fingerprint density at radius 2 is 1.89 bits per heavy atom. The molecule has 2 atom stereocenters. The molecule has 1 heterocycles. The number of thioether (sulfide) groups is 1. The molecule has 0 aliphatic carbocycles. The standard InChI is InChI=1S/C22H28N2O2S/c1-17(27-20-11-4-3-5-12-20)22(25)23-16-21(24-13-6-7-14-24)18-9-8-10-19(15-18)26-2/h3-5,8-12,15,17,21H,6-7,13-14,16H2,1-2H3,(H,23,25). The first-order valence-electron chi connectivity index (χ1n) is 9.55. The van der Waals surface area contributed by atoms with Crippen molar-refractivity contribution in [1.82, 2.24) is 10.2 Å². The van der Waals surface area contributed by atoms with Gasteiger partial charge in [-0.25, -0.2) is 0 Å². The monoisotopic (exact) mass is 384 g/mol. The summed E-state index contributed by atoms with van der Waals surface area (Å²) in [6.45, 7) is 4.73. The van der Waals surface area contributed by atoms with Gasteiger partial charge in [-0.2, -0.15) is 0 Å². The van der Waals surface area contributed by atoms with Gasteiger partial charge < -0.3 is 10.1 Å². The molecule has 3 rings (SSSR count). The van der Waals surface area contributed by atoms with Crippen LogP contribution < -0.4 is 10.1 Å². The molecular formula is C22H28N2O2S. The van der Waals surface area contributed by atoms with Crippen LogP contribution in [0.2, 0.25) is 0 Å². The largest absolute Gasteiger partial charge is 0.497 e. The second kappa shape index (κ2) is 9.81. The van der Waals surface area contributed by atoms with Crippen LogP contribution in [-0.4, -0.2) is 42.8 Å². The van der Waals surface area contributed by atoms with Gasteiger partial charge in [0.15, 0.2) is 0 Å². The van der Waals surface area contributed by atoms with Crippen LogP contribution >= 0.6 is 11.8 Å². The van der Waals surface area contributed by atoms with Crippen LogP contribution in [0.5, 0.6) is 5.75 Å². The Balaban J connectivity index is 1.64. The van der Waals surface area contributed by atoms with Crippen LogP contribution in [0.1, 0.15) is 31.4 Å². The van der Waals surface area contributed by atoms with Crippen LogP contribution in [0.15, 0.2) is 59.5 Å². The molecule has 4 nitrogen and oxygen atoms in total. The van der Waals surface area contributed by atoms with Crippen LogP contribution in [0.25, 0.3) is 0 Å². The first kappa shape index (κ1) is 19.8. The Kier molecular flexibility index (Phi) is 7.18. The molecule has 0 bridgehead atoms. The lowest BCUT2D eigenvalue weighted by atomic mass is 10.0. The molecule has 0 spiro atoms. The van der Waals surface area contributed by atoms with E-state index >= 15 is 0 Å². The fraction of sp³-hybridized carbons (Fsp3) is 0.409. The number of methoxy groups -OCH3 is 1. The van der Waals surface area contributed by atoms with Gasteiger partial charge in [-0.15, -0.1) is 11.8 Å². The number of nitrogens with one attached hydrogen (secondary N) is 1. The van der Waals surface area contributed by atoms with Crippen molar-refractivity contribution < 1.29 is 9.53 Å². The van der Waals surface area contributed by atoms with Gasteiger partial charge in [0.25, 0.3) is 0 Å². The van der Waals surface area contributed by atoms with Crippen molar-refractivity contribution >= 4 is 17.7 Å². The molecule has 0 radical (unpaired) electrons. The summed E-state index contributed by atoms with van der Waals surface area (Å²) in [7, 11) is 1.69. The zero-order valence-electron chi connectivity index (χ0n) is 16.1. The quantitative estimate of drug-likeness (QED) is 0.695. The normalized spacial score (nSPS) is 16.7. The maximum Gasteiger partial charge on any atom is 0.233 e. The van der Waals surface area contributed by atoms with E-state index in [9.17, 15) is 4.79 Å². The van der Waals surface area contributed by atoms with E-state index in [-0.39, 0.29) is 17.2 Å². The zero-order valence-corrected chi connectivity index (χ0v) is 16.9. The molecule has 1 amide bonds. The van der Waals surface area contributed by atoms with Gasteiger partial charge in [-0.3, -0.25) is 9.69 Å². The Morgan fingerprint density at radius 3 is 2.59 bits per heavy atom. The van der Waals surface area contributed by atoms with E-state index < -0.39 is 0 Å². The number of amides is 1. The van der Waals surface area contributed by atoms with E-state index in [4.69, 9.17) is 4.74 Å². The highest BCUT2D eigenvalue weighted by Gasteiger charge is 2.25. The van der Waals surface area contributed by atoms with Crippen LogP contribution in [0.4, 0.5) is 0 Å². The molecule has 1 saturated heterocycles. The number of carbonyl (C=O) groups excluding carboxylic acids is 1. The summed E-state index contributed by atoms with van der Waals surface area (Å²) in [5, 5.41) is 3.05. The number of benzene rings is 2. The van der Waals surface area contributed by atoms with Gasteiger partial charge in [-0.1, -0.05) is 30.3 Å². The first-order valence-corrected chi connectivity index (χ1v) is 10.4. The maximum atomic E-state index is 12.6. The molecule has 5 heteroatoms. The number of rotatable bonds is 8. The zero-order chi connectivity index (χ0) is 19.1. The molecule has 1 aliphatic heterocycles. The Bertz CT molecular complexity index is 732. The van der Waals surface area contributed by atoms with Gasteiger partial charge in [0, 0.05) is 11.4 Å². The van der Waals surface area contributed by atoms with Crippen molar-refractivity contribution in [3.05, 3.63) is 60.2 Å². The van der Waals surface area contributed by atoms with Crippen molar-refractivity contribution in [3.63, 3.8) is 0 Å². The third-order valence-corrected chi connectivity index (χ3v) is 6.07. The number of hydrogen-bond acceptors (Lipinski definition) is 4. The van der Waals surface area contributed by atoms with Crippen molar-refractivity contribution in [2.24, 2.45) is 0 Å². The highest BCUT2D eigenvalue weighted by Crippen LogP contribution is 2.28. The van der Waals surface area contributed by atoms with E-state index in [1.807, 2.05) is 49.4 Å². The summed E-state index contributed by atoms with van der Waals surface area (Å²) in [6, 6.07) is 18.4. The lowest BCUT2D eigenvalue weighted by Crippen LogP contribution is -2.39. The molecule has 1 N–H and O–H groups in total. The molecule has 0 aromatic heterocycles. The second-order valence-electron chi connectivity index (χ2n) is 6.85. The Morgan fingerprint density at radius 1 is 1.15 bits per heavy atom. The van der Waals surface area contributed by atoms with Gasteiger partial charge >= 0.3 is 0 Å². The Hall–Kier alpha value is -1.98. The SMILES string of the molecule is COc1cccc(C(CNC(=O)C(C)Sc2ccccc2)N2CCCC2)c1. The van der Waals surface area contributed by atoms with E-state index in [0.717, 1.165) is 23.7 Å². The van der Waals surface area contributed by atoms with Crippen LogP contribution in [-0.2, 0) is 4.79 Å². The average molecular weight is 385 g/mol. The molecule has 1 aliphatic rings. The van der Waals surface area contributed by atoms with Crippen LogP contribution in [0.3, 0.4) is 0 Å². The fourth-order valence-corrected chi connectivity index (χ4v) is 4.37. The summed E-state index contributed by atoms with van der Waals surface area (Å²) in [4.78, 5) is 16.2. The number of likely N-dealkylation sites (tertiary alicyclic amines) is 1. The van der Waals surface area contributed by atoms with E-state index in [1.54, 1.807) is 18.9 Å². The molecule has 2 unspecified atom stereocenters. The molecule has 1 fully saturated rings. The summed E-state index contributed by atoms with van der Waals surface area (Å²) < 4.78 is 5.39. The minimum absolute atomic E-state index is 0.0796. The highest BCUT2D eigenvalue weighted by molar-refractivity contribution is 8.00. The lowest BCUT2D eigenvalue weighted by Gasteiger charge is -2.29. The summed E-state index contributed by atoms with van der Waals surface area (Å²) in [6.07, 6.45) is 2.43.